The van der Waals surface area contributed by atoms with Gasteiger partial charge in [-0.25, -0.2) is 4.39 Å². The number of hydrogen-bond donors (Lipinski definition) is 1. The van der Waals surface area contributed by atoms with Crippen molar-refractivity contribution in [3.8, 4) is 0 Å². The van der Waals surface area contributed by atoms with Crippen molar-refractivity contribution in [2.24, 2.45) is 0 Å². The highest BCUT2D eigenvalue weighted by molar-refractivity contribution is 14.1. The monoisotopic (exact) mass is 389 g/mol. The summed E-state index contributed by atoms with van der Waals surface area (Å²) in [6.45, 7) is 1.62. The van der Waals surface area contributed by atoms with Gasteiger partial charge in [0.25, 0.3) is 5.91 Å². The van der Waals surface area contributed by atoms with Crippen molar-refractivity contribution in [1.82, 2.24) is 0 Å². The summed E-state index contributed by atoms with van der Waals surface area (Å²) in [6.07, 6.45) is 0. The van der Waals surface area contributed by atoms with Crippen molar-refractivity contribution in [3.63, 3.8) is 0 Å². The fourth-order valence-corrected chi connectivity index (χ4v) is 2.36. The van der Waals surface area contributed by atoms with Crippen LogP contribution in [0.1, 0.15) is 15.9 Å². The molecule has 5 heteroatoms. The lowest BCUT2D eigenvalue weighted by Gasteiger charge is -2.10. The summed E-state index contributed by atoms with van der Waals surface area (Å²) >= 11 is 7.93. The number of carbonyl (C=O) groups is 1. The van der Waals surface area contributed by atoms with Gasteiger partial charge in [-0.05, 0) is 59.8 Å². The minimum atomic E-state index is -0.349. The van der Waals surface area contributed by atoms with Crippen LogP contribution in [0.2, 0.25) is 5.02 Å². The third-order valence-corrected chi connectivity index (χ3v) is 3.86. The fraction of sp³-hybridized carbons (Fsp3) is 0.0714. The van der Waals surface area contributed by atoms with Gasteiger partial charge in [-0.1, -0.05) is 17.7 Å². The van der Waals surface area contributed by atoms with Crippen LogP contribution in [0.25, 0.3) is 0 Å². The van der Waals surface area contributed by atoms with Crippen LogP contribution in [0.3, 0.4) is 0 Å². The van der Waals surface area contributed by atoms with Gasteiger partial charge in [-0.15, -0.1) is 0 Å². The summed E-state index contributed by atoms with van der Waals surface area (Å²) in [5.41, 5.74) is 1.34. The molecule has 2 aromatic carbocycles. The second-order valence-corrected chi connectivity index (χ2v) is 5.59. The summed E-state index contributed by atoms with van der Waals surface area (Å²) in [7, 11) is 0. The van der Waals surface area contributed by atoms with E-state index in [1.54, 1.807) is 37.3 Å². The Balaban J connectivity index is 2.31. The van der Waals surface area contributed by atoms with E-state index in [1.165, 1.54) is 6.07 Å². The molecule has 98 valence electrons. The van der Waals surface area contributed by atoms with Gasteiger partial charge in [0, 0.05) is 19.8 Å². The predicted molar refractivity (Wildman–Crippen MR) is 83.3 cm³/mol. The first kappa shape index (κ1) is 14.3. The second kappa shape index (κ2) is 5.88. The van der Waals surface area contributed by atoms with E-state index in [4.69, 9.17) is 11.6 Å². The van der Waals surface area contributed by atoms with Crippen molar-refractivity contribution in [2.45, 2.75) is 6.92 Å². The van der Waals surface area contributed by atoms with E-state index in [0.29, 0.717) is 21.8 Å². The molecule has 0 aliphatic rings. The van der Waals surface area contributed by atoms with E-state index in [-0.39, 0.29) is 11.7 Å². The Bertz CT molecular complexity index is 645. The van der Waals surface area contributed by atoms with E-state index in [9.17, 15) is 9.18 Å². The molecule has 2 aromatic rings. The SMILES string of the molecule is Cc1c(F)cccc1NC(=O)c1cc(Cl)ccc1I. The fourth-order valence-electron chi connectivity index (χ4n) is 1.60. The number of hydrogen-bond acceptors (Lipinski definition) is 1. The Kier molecular flexibility index (Phi) is 4.42. The van der Waals surface area contributed by atoms with Crippen LogP contribution >= 0.6 is 34.2 Å². The Morgan fingerprint density at radius 2 is 2.05 bits per heavy atom. The number of rotatable bonds is 2. The molecule has 0 aliphatic heterocycles. The lowest BCUT2D eigenvalue weighted by atomic mass is 10.1. The first-order chi connectivity index (χ1) is 8.99. The predicted octanol–water partition coefficient (Wildman–Crippen LogP) is 4.64. The molecule has 0 radical (unpaired) electrons. The van der Waals surface area contributed by atoms with Gasteiger partial charge < -0.3 is 5.32 Å². The normalized spacial score (nSPS) is 10.3. The summed E-state index contributed by atoms with van der Waals surface area (Å²) in [6, 6.07) is 9.64. The van der Waals surface area contributed by atoms with Crippen LogP contribution in [-0.4, -0.2) is 5.91 Å². The number of anilines is 1. The summed E-state index contributed by atoms with van der Waals surface area (Å²) in [5, 5.41) is 3.18. The molecule has 0 fully saturated rings. The van der Waals surface area contributed by atoms with Crippen LogP contribution in [-0.2, 0) is 0 Å². The highest BCUT2D eigenvalue weighted by atomic mass is 127. The molecule has 1 N–H and O–H groups in total. The molecular weight excluding hydrogens is 380 g/mol. The van der Waals surface area contributed by atoms with E-state index in [1.807, 2.05) is 0 Å². The molecule has 0 heterocycles. The lowest BCUT2D eigenvalue weighted by Crippen LogP contribution is -2.14. The van der Waals surface area contributed by atoms with E-state index < -0.39 is 0 Å². The molecule has 0 spiro atoms. The number of benzene rings is 2. The minimum absolute atomic E-state index is 0.305. The topological polar surface area (TPSA) is 29.1 Å². The van der Waals surface area contributed by atoms with E-state index in [2.05, 4.69) is 27.9 Å². The van der Waals surface area contributed by atoms with Crippen LogP contribution in [0, 0.1) is 16.3 Å². The maximum absolute atomic E-state index is 13.4. The standard InChI is InChI=1S/C14H10ClFINO/c1-8-11(16)3-2-4-13(8)18-14(19)10-7-9(15)5-6-12(10)17/h2-7H,1H3,(H,18,19). The maximum Gasteiger partial charge on any atom is 0.256 e. The van der Waals surface area contributed by atoms with Crippen molar-refractivity contribution < 1.29 is 9.18 Å². The second-order valence-electron chi connectivity index (χ2n) is 3.99. The Morgan fingerprint density at radius 3 is 2.79 bits per heavy atom. The van der Waals surface area contributed by atoms with Crippen molar-refractivity contribution >= 4 is 45.8 Å². The van der Waals surface area contributed by atoms with Crippen LogP contribution in [0.15, 0.2) is 36.4 Å². The average molecular weight is 390 g/mol. The van der Waals surface area contributed by atoms with Crippen molar-refractivity contribution in [3.05, 3.63) is 61.9 Å². The van der Waals surface area contributed by atoms with Crippen LogP contribution in [0.4, 0.5) is 10.1 Å². The molecule has 1 amide bonds. The first-order valence-corrected chi connectivity index (χ1v) is 6.96. The quantitative estimate of drug-likeness (QED) is 0.745. The van der Waals surface area contributed by atoms with Gasteiger partial charge >= 0.3 is 0 Å². The molecule has 0 saturated heterocycles. The van der Waals surface area contributed by atoms with Crippen molar-refractivity contribution in [1.29, 1.82) is 0 Å². The molecule has 0 aromatic heterocycles. The third-order valence-electron chi connectivity index (χ3n) is 2.69. The summed E-state index contributed by atoms with van der Waals surface area (Å²) in [5.74, 6) is -0.654. The zero-order chi connectivity index (χ0) is 14.0. The van der Waals surface area contributed by atoms with E-state index in [0.717, 1.165) is 3.57 Å². The zero-order valence-electron chi connectivity index (χ0n) is 10.0. The number of amides is 1. The lowest BCUT2D eigenvalue weighted by molar-refractivity contribution is 0.102. The summed E-state index contributed by atoms with van der Waals surface area (Å²) < 4.78 is 14.2. The molecule has 0 aliphatic carbocycles. The summed E-state index contributed by atoms with van der Waals surface area (Å²) in [4.78, 5) is 12.2. The molecular formula is C14H10ClFINO. The van der Waals surface area contributed by atoms with Gasteiger partial charge in [0.1, 0.15) is 5.82 Å². The highest BCUT2D eigenvalue weighted by Crippen LogP contribution is 2.22. The molecule has 2 rings (SSSR count). The molecule has 0 saturated carbocycles. The minimum Gasteiger partial charge on any atom is -0.322 e. The third kappa shape index (κ3) is 3.25. The average Bonchev–Trinajstić information content (AvgIpc) is 2.38. The number of halogens is 3. The van der Waals surface area contributed by atoms with Gasteiger partial charge in [0.15, 0.2) is 0 Å². The molecule has 0 unspecified atom stereocenters. The zero-order valence-corrected chi connectivity index (χ0v) is 12.9. The largest absolute Gasteiger partial charge is 0.322 e. The van der Waals surface area contributed by atoms with Crippen LogP contribution < -0.4 is 5.32 Å². The molecule has 0 bridgehead atoms. The Hall–Kier alpha value is -1.14. The van der Waals surface area contributed by atoms with Crippen molar-refractivity contribution in [2.75, 3.05) is 5.32 Å². The first-order valence-electron chi connectivity index (χ1n) is 5.50. The maximum atomic E-state index is 13.4. The smallest absolute Gasteiger partial charge is 0.256 e. The highest BCUT2D eigenvalue weighted by Gasteiger charge is 2.13. The van der Waals surface area contributed by atoms with Gasteiger partial charge in [0.2, 0.25) is 0 Å². The number of nitrogens with one attached hydrogen (secondary N) is 1. The van der Waals surface area contributed by atoms with Crippen LogP contribution in [0.5, 0.6) is 0 Å². The van der Waals surface area contributed by atoms with Gasteiger partial charge in [-0.2, -0.15) is 0 Å². The molecule has 2 nitrogen and oxygen atoms in total. The van der Waals surface area contributed by atoms with Gasteiger partial charge in [0.05, 0.1) is 5.56 Å². The molecule has 0 atom stereocenters. The molecule has 19 heavy (non-hydrogen) atoms. The Labute approximate surface area is 129 Å². The Morgan fingerprint density at radius 1 is 1.32 bits per heavy atom. The van der Waals surface area contributed by atoms with E-state index >= 15 is 0 Å². The number of carbonyl (C=O) groups excluding carboxylic acids is 1. The van der Waals surface area contributed by atoms with Gasteiger partial charge in [-0.3, -0.25) is 4.79 Å².